The van der Waals surface area contributed by atoms with Crippen molar-refractivity contribution < 1.29 is 13.2 Å². The first-order valence-electron chi connectivity index (χ1n) is 11.7. The second kappa shape index (κ2) is 11.2. The van der Waals surface area contributed by atoms with Crippen molar-refractivity contribution in [3.8, 4) is 0 Å². The quantitative estimate of drug-likeness (QED) is 0.393. The van der Waals surface area contributed by atoms with Crippen LogP contribution >= 0.6 is 11.3 Å². The van der Waals surface area contributed by atoms with Crippen molar-refractivity contribution in [3.63, 3.8) is 0 Å². The van der Waals surface area contributed by atoms with Crippen LogP contribution in [0, 0.1) is 0 Å². The van der Waals surface area contributed by atoms with Gasteiger partial charge in [0.15, 0.2) is 4.80 Å². The monoisotopic (exact) mass is 487 g/mol. The maximum atomic E-state index is 12.9. The molecule has 178 valence electrons. The van der Waals surface area contributed by atoms with Gasteiger partial charge in [0.05, 0.1) is 15.1 Å². The lowest BCUT2D eigenvalue weighted by molar-refractivity contribution is 0.0997. The van der Waals surface area contributed by atoms with Crippen LogP contribution in [0.1, 0.15) is 62.9 Å². The number of benzene rings is 2. The van der Waals surface area contributed by atoms with Gasteiger partial charge in [0.1, 0.15) is 0 Å². The van der Waals surface area contributed by atoms with Crippen molar-refractivity contribution >= 4 is 37.5 Å². The maximum Gasteiger partial charge on any atom is 0.279 e. The molecule has 2 aromatic carbocycles. The molecule has 0 fully saturated rings. The van der Waals surface area contributed by atoms with Gasteiger partial charge in [-0.1, -0.05) is 51.5 Å². The minimum atomic E-state index is -3.57. The number of sulfonamides is 1. The Hall–Kier alpha value is -2.29. The molecule has 1 aromatic heterocycles. The normalized spacial score (nSPS) is 12.7. The molecule has 1 amide bonds. The van der Waals surface area contributed by atoms with Crippen LogP contribution in [-0.2, 0) is 23.0 Å². The second-order valence-electron chi connectivity index (χ2n) is 7.98. The molecule has 33 heavy (non-hydrogen) atoms. The van der Waals surface area contributed by atoms with Gasteiger partial charge in [-0.3, -0.25) is 4.79 Å². The molecule has 0 saturated heterocycles. The molecule has 0 aliphatic carbocycles. The van der Waals surface area contributed by atoms with Crippen molar-refractivity contribution in [1.82, 2.24) is 8.87 Å². The Bertz CT molecular complexity index is 1270. The smallest absolute Gasteiger partial charge is 0.279 e. The van der Waals surface area contributed by atoms with E-state index in [1.54, 1.807) is 12.1 Å². The number of amides is 1. The summed E-state index contributed by atoms with van der Waals surface area (Å²) in [4.78, 5) is 18.2. The van der Waals surface area contributed by atoms with Gasteiger partial charge in [-0.2, -0.15) is 9.30 Å². The van der Waals surface area contributed by atoms with E-state index < -0.39 is 10.0 Å². The lowest BCUT2D eigenvalue weighted by Crippen LogP contribution is -2.31. The third-order valence-corrected chi connectivity index (χ3v) is 8.68. The number of carbonyl (C=O) groups is 1. The zero-order chi connectivity index (χ0) is 24.0. The zero-order valence-electron chi connectivity index (χ0n) is 19.9. The number of aryl methyl sites for hydroxylation is 2. The van der Waals surface area contributed by atoms with Crippen LogP contribution in [0.2, 0.25) is 0 Å². The van der Waals surface area contributed by atoms with Gasteiger partial charge in [-0.15, -0.1) is 0 Å². The number of thiazole rings is 1. The van der Waals surface area contributed by atoms with Gasteiger partial charge >= 0.3 is 0 Å². The van der Waals surface area contributed by atoms with E-state index in [9.17, 15) is 13.2 Å². The van der Waals surface area contributed by atoms with E-state index in [0.29, 0.717) is 23.5 Å². The summed E-state index contributed by atoms with van der Waals surface area (Å²) in [5.74, 6) is -0.371. The fourth-order valence-electron chi connectivity index (χ4n) is 3.72. The summed E-state index contributed by atoms with van der Waals surface area (Å²) in [5.41, 5.74) is 2.71. The molecule has 0 radical (unpaired) electrons. The van der Waals surface area contributed by atoms with E-state index in [1.165, 1.54) is 33.3 Å². The van der Waals surface area contributed by atoms with Crippen LogP contribution in [0.25, 0.3) is 10.2 Å². The van der Waals surface area contributed by atoms with Gasteiger partial charge in [0.2, 0.25) is 10.0 Å². The van der Waals surface area contributed by atoms with Crippen LogP contribution in [0.5, 0.6) is 0 Å². The predicted octanol–water partition coefficient (Wildman–Crippen LogP) is 5.23. The number of unbranched alkanes of at least 4 members (excludes halogenated alkanes) is 1. The van der Waals surface area contributed by atoms with E-state index >= 15 is 0 Å². The van der Waals surface area contributed by atoms with Crippen molar-refractivity contribution in [1.29, 1.82) is 0 Å². The third-order valence-electron chi connectivity index (χ3n) is 5.65. The number of rotatable bonds is 10. The van der Waals surface area contributed by atoms with Crippen molar-refractivity contribution in [3.05, 3.63) is 58.4 Å². The average molecular weight is 488 g/mol. The number of aromatic nitrogens is 1. The lowest BCUT2D eigenvalue weighted by Gasteiger charge is -2.20. The number of fused-ring (bicyclic) bond motifs is 1. The molecule has 8 heteroatoms. The molecule has 3 aromatic rings. The minimum absolute atomic E-state index is 0.201. The summed E-state index contributed by atoms with van der Waals surface area (Å²) >= 11 is 1.51. The first-order chi connectivity index (χ1) is 15.8. The highest BCUT2D eigenvalue weighted by atomic mass is 32.2. The van der Waals surface area contributed by atoms with Gasteiger partial charge in [0, 0.05) is 25.2 Å². The minimum Gasteiger partial charge on any atom is -0.316 e. The standard InChI is InChI=1S/C25H33N3O3S2/c1-5-9-17-27(8-4)33(30,31)21-13-11-20(12-14-21)24(29)26-25-28(16-6-2)22-15-10-19(7-3)18-23(22)32-25/h10-15,18H,5-9,16-17H2,1-4H3. The Kier molecular flexibility index (Phi) is 8.62. The Morgan fingerprint density at radius 1 is 1.03 bits per heavy atom. The Morgan fingerprint density at radius 2 is 1.76 bits per heavy atom. The van der Waals surface area contributed by atoms with E-state index in [0.717, 1.165) is 42.4 Å². The first-order valence-corrected chi connectivity index (χ1v) is 13.9. The van der Waals surface area contributed by atoms with Gasteiger partial charge in [-0.05, 0) is 61.2 Å². The molecule has 6 nitrogen and oxygen atoms in total. The summed E-state index contributed by atoms with van der Waals surface area (Å²) in [7, 11) is -3.57. The van der Waals surface area contributed by atoms with E-state index in [4.69, 9.17) is 0 Å². The molecule has 0 spiro atoms. The van der Waals surface area contributed by atoms with E-state index in [2.05, 4.69) is 41.6 Å². The highest BCUT2D eigenvalue weighted by Gasteiger charge is 2.22. The Labute approximate surface area is 200 Å². The molecule has 0 N–H and O–H groups in total. The summed E-state index contributed by atoms with van der Waals surface area (Å²) < 4.78 is 30.5. The van der Waals surface area contributed by atoms with Crippen LogP contribution in [0.4, 0.5) is 0 Å². The van der Waals surface area contributed by atoms with Gasteiger partial charge in [0.25, 0.3) is 5.91 Å². The molecule has 0 unspecified atom stereocenters. The second-order valence-corrected chi connectivity index (χ2v) is 10.9. The molecule has 0 bridgehead atoms. The fourth-order valence-corrected chi connectivity index (χ4v) is 6.32. The predicted molar refractivity (Wildman–Crippen MR) is 135 cm³/mol. The fraction of sp³-hybridized carbons (Fsp3) is 0.440. The highest BCUT2D eigenvalue weighted by Crippen LogP contribution is 2.21. The van der Waals surface area contributed by atoms with Crippen LogP contribution in [-0.4, -0.2) is 36.3 Å². The van der Waals surface area contributed by atoms with Crippen LogP contribution in [0.15, 0.2) is 52.4 Å². The number of hydrogen-bond acceptors (Lipinski definition) is 4. The lowest BCUT2D eigenvalue weighted by atomic mass is 10.2. The van der Waals surface area contributed by atoms with E-state index in [-0.39, 0.29) is 10.8 Å². The Morgan fingerprint density at radius 3 is 2.36 bits per heavy atom. The molecular weight excluding hydrogens is 454 g/mol. The molecule has 1 heterocycles. The summed E-state index contributed by atoms with van der Waals surface area (Å²) in [6.07, 6.45) is 3.63. The van der Waals surface area contributed by atoms with Crippen molar-refractivity contribution in [2.45, 2.75) is 64.8 Å². The number of carbonyl (C=O) groups excluding carboxylic acids is 1. The number of hydrogen-bond donors (Lipinski definition) is 0. The third kappa shape index (κ3) is 5.62. The maximum absolute atomic E-state index is 12.9. The largest absolute Gasteiger partial charge is 0.316 e. The topological polar surface area (TPSA) is 71.7 Å². The molecule has 0 saturated carbocycles. The first kappa shape index (κ1) is 25.3. The molecule has 0 atom stereocenters. The van der Waals surface area contributed by atoms with Gasteiger partial charge < -0.3 is 4.57 Å². The van der Waals surface area contributed by atoms with Gasteiger partial charge in [-0.25, -0.2) is 8.42 Å². The summed E-state index contributed by atoms with van der Waals surface area (Å²) in [5, 5.41) is 0. The summed E-state index contributed by atoms with van der Waals surface area (Å²) in [6.45, 7) is 9.78. The van der Waals surface area contributed by atoms with Crippen molar-refractivity contribution in [2.24, 2.45) is 4.99 Å². The highest BCUT2D eigenvalue weighted by molar-refractivity contribution is 7.89. The van der Waals surface area contributed by atoms with Crippen LogP contribution in [0.3, 0.4) is 0 Å². The zero-order valence-corrected chi connectivity index (χ0v) is 21.5. The SMILES string of the molecule is CCCCN(CC)S(=O)(=O)c1ccc(C(=O)N=c2sc3cc(CC)ccc3n2CCC)cc1. The van der Waals surface area contributed by atoms with E-state index in [1.807, 2.05) is 13.8 Å². The molecule has 3 rings (SSSR count). The molecular formula is C25H33N3O3S2. The average Bonchev–Trinajstić information content (AvgIpc) is 3.15. The molecule has 0 aliphatic heterocycles. The van der Waals surface area contributed by atoms with Crippen molar-refractivity contribution in [2.75, 3.05) is 13.1 Å². The summed E-state index contributed by atoms with van der Waals surface area (Å²) in [6, 6.07) is 12.5. The molecule has 0 aliphatic rings. The Balaban J connectivity index is 1.93. The van der Waals surface area contributed by atoms with Crippen LogP contribution < -0.4 is 4.80 Å². The number of nitrogens with zero attached hydrogens (tertiary/aromatic N) is 3.